The number of carbonyl (C=O) groups is 2. The van der Waals surface area contributed by atoms with Crippen molar-refractivity contribution in [3.63, 3.8) is 0 Å². The summed E-state index contributed by atoms with van der Waals surface area (Å²) in [6.45, 7) is 1.35. The molecule has 0 spiro atoms. The molecular formula is C17H21N5O3. The largest absolute Gasteiger partial charge is 0.377 e. The minimum Gasteiger partial charge on any atom is -0.377 e. The number of nitrogens with one attached hydrogen (secondary N) is 1. The predicted octanol–water partition coefficient (Wildman–Crippen LogP) is 1.02. The van der Waals surface area contributed by atoms with Crippen molar-refractivity contribution in [1.82, 2.24) is 20.1 Å². The molecule has 2 amide bonds. The Labute approximate surface area is 145 Å². The highest BCUT2D eigenvalue weighted by atomic mass is 16.5. The lowest BCUT2D eigenvalue weighted by molar-refractivity contribution is -0.117. The van der Waals surface area contributed by atoms with Crippen LogP contribution < -0.4 is 10.2 Å². The summed E-state index contributed by atoms with van der Waals surface area (Å²) in [6.07, 6.45) is 1.48. The molecule has 0 unspecified atom stereocenters. The normalized spacial score (nSPS) is 14.2. The summed E-state index contributed by atoms with van der Waals surface area (Å²) in [7, 11) is 3.22. The van der Waals surface area contributed by atoms with Crippen LogP contribution in [-0.4, -0.2) is 40.2 Å². The molecule has 25 heavy (non-hydrogen) atoms. The van der Waals surface area contributed by atoms with Crippen LogP contribution >= 0.6 is 0 Å². The quantitative estimate of drug-likeness (QED) is 0.846. The van der Waals surface area contributed by atoms with Crippen molar-refractivity contribution in [2.45, 2.75) is 26.0 Å². The maximum atomic E-state index is 12.3. The highest BCUT2D eigenvalue weighted by Crippen LogP contribution is 2.22. The Kier molecular flexibility index (Phi) is 5.08. The number of anilines is 1. The van der Waals surface area contributed by atoms with E-state index in [1.165, 1.54) is 4.68 Å². The molecule has 1 aromatic heterocycles. The van der Waals surface area contributed by atoms with Crippen molar-refractivity contribution in [1.29, 1.82) is 0 Å². The number of aromatic nitrogens is 3. The molecule has 0 bridgehead atoms. The van der Waals surface area contributed by atoms with E-state index in [0.717, 1.165) is 24.2 Å². The van der Waals surface area contributed by atoms with Gasteiger partial charge in [0.1, 0.15) is 6.61 Å². The lowest BCUT2D eigenvalue weighted by Crippen LogP contribution is -2.26. The first-order chi connectivity index (χ1) is 12.1. The fourth-order valence-corrected chi connectivity index (χ4v) is 2.84. The number of methoxy groups -OCH3 is 1. The van der Waals surface area contributed by atoms with Gasteiger partial charge < -0.3 is 15.0 Å². The van der Waals surface area contributed by atoms with Crippen LogP contribution in [0.5, 0.6) is 0 Å². The Morgan fingerprint density at radius 2 is 2.24 bits per heavy atom. The molecule has 132 valence electrons. The third-order valence-corrected chi connectivity index (χ3v) is 4.03. The fourth-order valence-electron chi connectivity index (χ4n) is 2.84. The van der Waals surface area contributed by atoms with Crippen molar-refractivity contribution in [2.24, 2.45) is 7.05 Å². The Hall–Kier alpha value is -2.74. The van der Waals surface area contributed by atoms with Gasteiger partial charge in [-0.15, -0.1) is 0 Å². The molecule has 1 aromatic carbocycles. The van der Waals surface area contributed by atoms with Crippen molar-refractivity contribution in [2.75, 3.05) is 18.6 Å². The first-order valence-corrected chi connectivity index (χ1v) is 8.15. The molecule has 0 atom stereocenters. The number of amides is 2. The minimum absolute atomic E-state index is 0.144. The average molecular weight is 343 g/mol. The van der Waals surface area contributed by atoms with Gasteiger partial charge >= 0.3 is 0 Å². The number of carbonyl (C=O) groups excluding carboxylic acids is 2. The van der Waals surface area contributed by atoms with Crippen LogP contribution in [0.4, 0.5) is 5.69 Å². The van der Waals surface area contributed by atoms with Gasteiger partial charge in [0.15, 0.2) is 5.82 Å². The van der Waals surface area contributed by atoms with Crippen LogP contribution in [0.25, 0.3) is 0 Å². The van der Waals surface area contributed by atoms with Crippen LogP contribution in [0.15, 0.2) is 24.3 Å². The Balaban J connectivity index is 1.65. The molecule has 1 N–H and O–H groups in total. The molecule has 1 saturated heterocycles. The van der Waals surface area contributed by atoms with Gasteiger partial charge in [0.25, 0.3) is 5.91 Å². The van der Waals surface area contributed by atoms with Crippen molar-refractivity contribution < 1.29 is 14.3 Å². The number of hydrogen-bond acceptors (Lipinski definition) is 5. The van der Waals surface area contributed by atoms with Gasteiger partial charge in [-0.05, 0) is 24.1 Å². The summed E-state index contributed by atoms with van der Waals surface area (Å²) in [5.74, 6) is 0.536. The van der Waals surface area contributed by atoms with Crippen molar-refractivity contribution in [3.05, 3.63) is 41.5 Å². The van der Waals surface area contributed by atoms with Gasteiger partial charge in [0.05, 0.1) is 0 Å². The molecule has 2 heterocycles. The summed E-state index contributed by atoms with van der Waals surface area (Å²) in [4.78, 5) is 30.1. The highest BCUT2D eigenvalue weighted by molar-refractivity contribution is 5.95. The number of hydrogen-bond donors (Lipinski definition) is 1. The molecule has 8 heteroatoms. The van der Waals surface area contributed by atoms with E-state index >= 15 is 0 Å². The van der Waals surface area contributed by atoms with Gasteiger partial charge in [0, 0.05) is 39.4 Å². The molecule has 1 aliphatic heterocycles. The second-order valence-corrected chi connectivity index (χ2v) is 5.91. The fraction of sp³-hybridized carbons (Fsp3) is 0.412. The Morgan fingerprint density at radius 3 is 2.96 bits per heavy atom. The second kappa shape index (κ2) is 7.43. The summed E-state index contributed by atoms with van der Waals surface area (Å²) in [5, 5.41) is 6.96. The molecular weight excluding hydrogens is 322 g/mol. The molecule has 0 saturated carbocycles. The molecule has 1 aliphatic rings. The van der Waals surface area contributed by atoms with Crippen molar-refractivity contribution >= 4 is 17.5 Å². The van der Waals surface area contributed by atoms with E-state index in [4.69, 9.17) is 4.74 Å². The van der Waals surface area contributed by atoms with Gasteiger partial charge in [-0.25, -0.2) is 9.67 Å². The molecule has 0 radical (unpaired) electrons. The lowest BCUT2D eigenvalue weighted by Gasteiger charge is -2.16. The van der Waals surface area contributed by atoms with E-state index in [1.807, 2.05) is 24.3 Å². The SMILES string of the molecule is COCc1nc(C(=O)NCc2cccc(N3CCCC3=O)c2)n(C)n1. The van der Waals surface area contributed by atoms with Gasteiger partial charge in [0.2, 0.25) is 11.7 Å². The number of rotatable bonds is 6. The first-order valence-electron chi connectivity index (χ1n) is 8.15. The number of nitrogens with zero attached hydrogens (tertiary/aromatic N) is 4. The zero-order valence-corrected chi connectivity index (χ0v) is 14.4. The van der Waals surface area contributed by atoms with E-state index in [0.29, 0.717) is 18.8 Å². The highest BCUT2D eigenvalue weighted by Gasteiger charge is 2.21. The van der Waals surface area contributed by atoms with Crippen LogP contribution in [-0.2, 0) is 29.7 Å². The summed E-state index contributed by atoms with van der Waals surface area (Å²) >= 11 is 0. The number of ether oxygens (including phenoxy) is 1. The van der Waals surface area contributed by atoms with E-state index in [1.54, 1.807) is 19.1 Å². The monoisotopic (exact) mass is 343 g/mol. The van der Waals surface area contributed by atoms with E-state index in [2.05, 4.69) is 15.4 Å². The summed E-state index contributed by atoms with van der Waals surface area (Å²) < 4.78 is 6.41. The van der Waals surface area contributed by atoms with Gasteiger partial charge in [-0.1, -0.05) is 12.1 Å². The number of aryl methyl sites for hydroxylation is 1. The summed E-state index contributed by atoms with van der Waals surface area (Å²) in [5.41, 5.74) is 1.79. The van der Waals surface area contributed by atoms with Crippen LogP contribution in [0.3, 0.4) is 0 Å². The van der Waals surface area contributed by atoms with Crippen LogP contribution in [0.2, 0.25) is 0 Å². The number of benzene rings is 1. The van der Waals surface area contributed by atoms with E-state index in [9.17, 15) is 9.59 Å². The molecule has 2 aromatic rings. The van der Waals surface area contributed by atoms with Crippen LogP contribution in [0.1, 0.15) is 34.8 Å². The lowest BCUT2D eigenvalue weighted by atomic mass is 10.2. The maximum absolute atomic E-state index is 12.3. The molecule has 0 aliphatic carbocycles. The van der Waals surface area contributed by atoms with Crippen LogP contribution in [0, 0.1) is 0 Å². The smallest absolute Gasteiger partial charge is 0.289 e. The average Bonchev–Trinajstić information content (AvgIpc) is 3.19. The standard InChI is InChI=1S/C17H21N5O3/c1-21-16(19-14(20-21)11-25-2)17(24)18-10-12-5-3-6-13(9-12)22-8-4-7-15(22)23/h3,5-6,9H,4,7-8,10-11H2,1-2H3,(H,18,24). The second-order valence-electron chi connectivity index (χ2n) is 5.91. The van der Waals surface area contributed by atoms with Gasteiger partial charge in [-0.3, -0.25) is 9.59 Å². The van der Waals surface area contributed by atoms with Crippen molar-refractivity contribution in [3.8, 4) is 0 Å². The molecule has 1 fully saturated rings. The summed E-state index contributed by atoms with van der Waals surface area (Å²) in [6, 6.07) is 7.64. The molecule has 3 rings (SSSR count). The minimum atomic E-state index is -0.306. The maximum Gasteiger partial charge on any atom is 0.289 e. The third kappa shape index (κ3) is 3.85. The topological polar surface area (TPSA) is 89.4 Å². The Bertz CT molecular complexity index is 786. The molecule has 8 nitrogen and oxygen atoms in total. The Morgan fingerprint density at radius 1 is 1.40 bits per heavy atom. The van der Waals surface area contributed by atoms with E-state index < -0.39 is 0 Å². The van der Waals surface area contributed by atoms with Gasteiger partial charge in [-0.2, -0.15) is 5.10 Å². The first kappa shape index (κ1) is 17.1. The zero-order chi connectivity index (χ0) is 17.8. The van der Waals surface area contributed by atoms with E-state index in [-0.39, 0.29) is 24.2 Å². The third-order valence-electron chi connectivity index (χ3n) is 4.03. The predicted molar refractivity (Wildman–Crippen MR) is 90.9 cm³/mol. The zero-order valence-electron chi connectivity index (χ0n) is 14.4.